The van der Waals surface area contributed by atoms with E-state index in [9.17, 15) is 0 Å². The molecule has 0 aromatic rings. The molecule has 0 saturated heterocycles. The van der Waals surface area contributed by atoms with Crippen molar-refractivity contribution in [3.05, 3.63) is 12.2 Å². The lowest BCUT2D eigenvalue weighted by Crippen LogP contribution is -2.17. The molecular weight excluding hydrogens is 102 g/mol. The summed E-state index contributed by atoms with van der Waals surface area (Å²) in [5.41, 5.74) is 5.53. The fourth-order valence-electron chi connectivity index (χ4n) is 0.867. The lowest BCUT2D eigenvalue weighted by Gasteiger charge is -2.04. The van der Waals surface area contributed by atoms with Crippen molar-refractivity contribution in [2.24, 2.45) is 5.73 Å². The van der Waals surface area contributed by atoms with Crippen LogP contribution in [-0.4, -0.2) is 19.3 Å². The zero-order valence-electron chi connectivity index (χ0n) is 5.00. The number of rotatable bonds is 1. The first kappa shape index (κ1) is 5.79. The zero-order valence-corrected chi connectivity index (χ0v) is 5.00. The van der Waals surface area contributed by atoms with Crippen LogP contribution in [0.3, 0.4) is 0 Å². The average molecular weight is 113 g/mol. The van der Waals surface area contributed by atoms with Crippen LogP contribution in [0.25, 0.3) is 0 Å². The Morgan fingerprint density at radius 3 is 2.62 bits per heavy atom. The molecule has 1 aliphatic carbocycles. The lowest BCUT2D eigenvalue weighted by molar-refractivity contribution is 0.138. The molecule has 0 unspecified atom stereocenters. The highest BCUT2D eigenvalue weighted by Crippen LogP contribution is 2.10. The molecule has 1 rings (SSSR count). The van der Waals surface area contributed by atoms with Gasteiger partial charge in [-0.15, -0.1) is 0 Å². The van der Waals surface area contributed by atoms with Gasteiger partial charge in [-0.1, -0.05) is 12.2 Å². The molecule has 0 aromatic carbocycles. The van der Waals surface area contributed by atoms with Crippen molar-refractivity contribution in [1.29, 1.82) is 0 Å². The molecule has 2 nitrogen and oxygen atoms in total. The molecule has 0 heterocycles. The van der Waals surface area contributed by atoms with E-state index in [2.05, 4.69) is 0 Å². The minimum Gasteiger partial charge on any atom is -0.377 e. The standard InChI is InChI=1S/C6H11NO/c1-8-6-3-2-5(7)4-6/h2-3,5-6H,4,7H2,1H3/t5-,6-/m1/s1. The molecule has 2 heteroatoms. The van der Waals surface area contributed by atoms with Gasteiger partial charge in [0.15, 0.2) is 0 Å². The van der Waals surface area contributed by atoms with Crippen molar-refractivity contribution in [1.82, 2.24) is 0 Å². The summed E-state index contributed by atoms with van der Waals surface area (Å²) in [7, 11) is 1.70. The Morgan fingerprint density at radius 2 is 2.38 bits per heavy atom. The van der Waals surface area contributed by atoms with E-state index < -0.39 is 0 Å². The van der Waals surface area contributed by atoms with Crippen molar-refractivity contribution >= 4 is 0 Å². The molecule has 0 saturated carbocycles. The first-order valence-corrected chi connectivity index (χ1v) is 2.79. The summed E-state index contributed by atoms with van der Waals surface area (Å²) in [6.45, 7) is 0. The highest BCUT2D eigenvalue weighted by Gasteiger charge is 2.13. The van der Waals surface area contributed by atoms with Gasteiger partial charge in [-0.3, -0.25) is 0 Å². The molecule has 1 aliphatic rings. The number of hydrogen-bond donors (Lipinski definition) is 1. The van der Waals surface area contributed by atoms with Crippen molar-refractivity contribution < 1.29 is 4.74 Å². The van der Waals surface area contributed by atoms with Gasteiger partial charge in [-0.25, -0.2) is 0 Å². The van der Waals surface area contributed by atoms with Crippen molar-refractivity contribution in [2.75, 3.05) is 7.11 Å². The molecule has 46 valence electrons. The van der Waals surface area contributed by atoms with Gasteiger partial charge in [0.2, 0.25) is 0 Å². The summed E-state index contributed by atoms with van der Waals surface area (Å²) in [4.78, 5) is 0. The first-order valence-electron chi connectivity index (χ1n) is 2.79. The second kappa shape index (κ2) is 2.29. The molecule has 8 heavy (non-hydrogen) atoms. The quantitative estimate of drug-likeness (QED) is 0.496. The van der Waals surface area contributed by atoms with Crippen molar-refractivity contribution in [3.63, 3.8) is 0 Å². The predicted octanol–water partition coefficient (Wildman–Crippen LogP) is 0.289. The van der Waals surface area contributed by atoms with Crippen LogP contribution < -0.4 is 5.73 Å². The summed E-state index contributed by atoms with van der Waals surface area (Å²) in [5, 5.41) is 0. The summed E-state index contributed by atoms with van der Waals surface area (Å²) in [6.07, 6.45) is 5.19. The second-order valence-corrected chi connectivity index (χ2v) is 2.06. The minimum atomic E-state index is 0.222. The van der Waals surface area contributed by atoms with Crippen LogP contribution in [0, 0.1) is 0 Å². The van der Waals surface area contributed by atoms with Crippen LogP contribution >= 0.6 is 0 Å². The SMILES string of the molecule is CO[C@@H]1C=C[C@@H](N)C1. The van der Waals surface area contributed by atoms with E-state index in [4.69, 9.17) is 10.5 Å². The Bertz CT molecular complexity index is 101. The summed E-state index contributed by atoms with van der Waals surface area (Å²) in [6, 6.07) is 0.222. The fraction of sp³-hybridized carbons (Fsp3) is 0.667. The smallest absolute Gasteiger partial charge is 0.0770 e. The third-order valence-electron chi connectivity index (χ3n) is 1.38. The molecule has 0 aliphatic heterocycles. The molecule has 0 fully saturated rings. The largest absolute Gasteiger partial charge is 0.377 e. The highest BCUT2D eigenvalue weighted by molar-refractivity contribution is 5.05. The second-order valence-electron chi connectivity index (χ2n) is 2.06. The van der Waals surface area contributed by atoms with E-state index in [0.29, 0.717) is 0 Å². The van der Waals surface area contributed by atoms with E-state index in [1.165, 1.54) is 0 Å². The monoisotopic (exact) mass is 113 g/mol. The number of methoxy groups -OCH3 is 1. The highest BCUT2D eigenvalue weighted by atomic mass is 16.5. The van der Waals surface area contributed by atoms with Gasteiger partial charge < -0.3 is 10.5 Å². The van der Waals surface area contributed by atoms with Gasteiger partial charge in [-0.05, 0) is 6.42 Å². The Kier molecular flexibility index (Phi) is 1.65. The van der Waals surface area contributed by atoms with Gasteiger partial charge in [0.25, 0.3) is 0 Å². The third-order valence-corrected chi connectivity index (χ3v) is 1.38. The first-order chi connectivity index (χ1) is 3.83. The van der Waals surface area contributed by atoms with Gasteiger partial charge >= 0.3 is 0 Å². The van der Waals surface area contributed by atoms with Crippen LogP contribution in [0.5, 0.6) is 0 Å². The number of nitrogens with two attached hydrogens (primary N) is 1. The molecule has 0 spiro atoms. The van der Waals surface area contributed by atoms with E-state index >= 15 is 0 Å². The van der Waals surface area contributed by atoms with Gasteiger partial charge in [0.1, 0.15) is 0 Å². The maximum atomic E-state index is 5.53. The lowest BCUT2D eigenvalue weighted by atomic mass is 10.2. The molecular formula is C6H11NO. The average Bonchev–Trinajstić information content (AvgIpc) is 2.14. The van der Waals surface area contributed by atoms with Crippen LogP contribution in [0.2, 0.25) is 0 Å². The molecule has 2 atom stereocenters. The maximum absolute atomic E-state index is 5.53. The van der Waals surface area contributed by atoms with Crippen LogP contribution in [0.4, 0.5) is 0 Å². The van der Waals surface area contributed by atoms with Crippen molar-refractivity contribution in [3.8, 4) is 0 Å². The molecule has 0 bridgehead atoms. The van der Waals surface area contributed by atoms with E-state index in [1.807, 2.05) is 12.2 Å². The van der Waals surface area contributed by atoms with Crippen LogP contribution in [-0.2, 0) is 4.74 Å². The summed E-state index contributed by atoms with van der Waals surface area (Å²) < 4.78 is 5.01. The van der Waals surface area contributed by atoms with E-state index in [-0.39, 0.29) is 12.1 Å². The van der Waals surface area contributed by atoms with Gasteiger partial charge in [-0.2, -0.15) is 0 Å². The third kappa shape index (κ3) is 1.08. The Morgan fingerprint density at radius 1 is 1.62 bits per heavy atom. The maximum Gasteiger partial charge on any atom is 0.0770 e. The Labute approximate surface area is 49.3 Å². The van der Waals surface area contributed by atoms with Crippen molar-refractivity contribution in [2.45, 2.75) is 18.6 Å². The number of ether oxygens (including phenoxy) is 1. The fourth-order valence-corrected chi connectivity index (χ4v) is 0.867. The summed E-state index contributed by atoms with van der Waals surface area (Å²) in [5.74, 6) is 0. The molecule has 0 aromatic heterocycles. The van der Waals surface area contributed by atoms with E-state index in [1.54, 1.807) is 7.11 Å². The Balaban J connectivity index is 2.34. The normalized spacial score (nSPS) is 36.2. The van der Waals surface area contributed by atoms with Gasteiger partial charge in [0, 0.05) is 13.2 Å². The van der Waals surface area contributed by atoms with E-state index in [0.717, 1.165) is 6.42 Å². The minimum absolute atomic E-state index is 0.222. The molecule has 0 amide bonds. The van der Waals surface area contributed by atoms with Gasteiger partial charge in [0.05, 0.1) is 6.10 Å². The van der Waals surface area contributed by atoms with Crippen LogP contribution in [0.1, 0.15) is 6.42 Å². The molecule has 2 N–H and O–H groups in total. The van der Waals surface area contributed by atoms with Crippen LogP contribution in [0.15, 0.2) is 12.2 Å². The topological polar surface area (TPSA) is 35.2 Å². The predicted molar refractivity (Wildman–Crippen MR) is 32.5 cm³/mol. The Hall–Kier alpha value is -0.340. The zero-order chi connectivity index (χ0) is 5.98. The number of hydrogen-bond acceptors (Lipinski definition) is 2. The summed E-state index contributed by atoms with van der Waals surface area (Å²) >= 11 is 0. The molecule has 0 radical (unpaired) electrons.